The monoisotopic (exact) mass is 276 g/mol. The molecule has 0 aliphatic heterocycles. The lowest BCUT2D eigenvalue weighted by atomic mass is 10.1. The van der Waals surface area contributed by atoms with Crippen LogP contribution in [0.3, 0.4) is 0 Å². The Morgan fingerprint density at radius 3 is 2.63 bits per heavy atom. The van der Waals surface area contributed by atoms with Crippen LogP contribution < -0.4 is 10.6 Å². The number of anilines is 2. The summed E-state index contributed by atoms with van der Waals surface area (Å²) in [7, 11) is 1.97. The van der Waals surface area contributed by atoms with Gasteiger partial charge in [-0.05, 0) is 25.5 Å². The molecule has 0 fully saturated rings. The molecule has 1 heterocycles. The molecule has 1 atom stereocenters. The van der Waals surface area contributed by atoms with Crippen LogP contribution in [0.2, 0.25) is 5.02 Å². The van der Waals surface area contributed by atoms with Crippen LogP contribution in [-0.4, -0.2) is 17.0 Å². The van der Waals surface area contributed by atoms with Crippen molar-refractivity contribution < 1.29 is 0 Å². The molecule has 2 N–H and O–H groups in total. The Balaban J connectivity index is 2.37. The van der Waals surface area contributed by atoms with E-state index < -0.39 is 0 Å². The van der Waals surface area contributed by atoms with Gasteiger partial charge in [-0.15, -0.1) is 0 Å². The van der Waals surface area contributed by atoms with Gasteiger partial charge in [-0.25, -0.2) is 9.97 Å². The van der Waals surface area contributed by atoms with Crippen LogP contribution in [0.5, 0.6) is 0 Å². The molecular weight excluding hydrogens is 260 g/mol. The maximum absolute atomic E-state index is 6.24. The fourth-order valence-electron chi connectivity index (χ4n) is 2.02. The molecule has 0 amide bonds. The number of aromatic nitrogens is 2. The molecule has 0 saturated heterocycles. The SMILES string of the molecule is Cc1c(N)ncnc1N(C)C(C)c1ccccc1Cl. The summed E-state index contributed by atoms with van der Waals surface area (Å²) >= 11 is 6.24. The topological polar surface area (TPSA) is 55.0 Å². The number of nitrogens with two attached hydrogens (primary N) is 1. The van der Waals surface area contributed by atoms with Gasteiger partial charge in [0.05, 0.1) is 6.04 Å². The van der Waals surface area contributed by atoms with Crippen LogP contribution in [0.15, 0.2) is 30.6 Å². The van der Waals surface area contributed by atoms with E-state index in [2.05, 4.69) is 21.8 Å². The fourth-order valence-corrected chi connectivity index (χ4v) is 2.31. The quantitative estimate of drug-likeness (QED) is 0.935. The molecule has 0 radical (unpaired) electrons. The van der Waals surface area contributed by atoms with Gasteiger partial charge in [0.1, 0.15) is 18.0 Å². The molecule has 0 spiro atoms. The van der Waals surface area contributed by atoms with Gasteiger partial charge >= 0.3 is 0 Å². The molecule has 0 aliphatic carbocycles. The number of hydrogen-bond acceptors (Lipinski definition) is 4. The first-order valence-electron chi connectivity index (χ1n) is 6.06. The standard InChI is InChI=1S/C14H17ClN4/c1-9-13(16)17-8-18-14(9)19(3)10(2)11-6-4-5-7-12(11)15/h4-8,10H,1-3H3,(H2,16,17,18). The third kappa shape index (κ3) is 2.63. The third-order valence-electron chi connectivity index (χ3n) is 3.37. The predicted molar refractivity (Wildman–Crippen MR) is 79.5 cm³/mol. The Hall–Kier alpha value is -1.81. The lowest BCUT2D eigenvalue weighted by molar-refractivity contribution is 0.724. The molecule has 0 saturated carbocycles. The van der Waals surface area contributed by atoms with Gasteiger partial charge in [0.25, 0.3) is 0 Å². The summed E-state index contributed by atoms with van der Waals surface area (Å²) in [6.45, 7) is 4.00. The van der Waals surface area contributed by atoms with Gasteiger partial charge in [0.15, 0.2) is 0 Å². The van der Waals surface area contributed by atoms with Gasteiger partial charge in [0, 0.05) is 17.6 Å². The highest BCUT2D eigenvalue weighted by Crippen LogP contribution is 2.30. The van der Waals surface area contributed by atoms with Gasteiger partial charge in [-0.1, -0.05) is 29.8 Å². The summed E-state index contributed by atoms with van der Waals surface area (Å²) in [5, 5.41) is 0.751. The Labute approximate surface area is 118 Å². The summed E-state index contributed by atoms with van der Waals surface area (Å²) in [6, 6.07) is 7.91. The smallest absolute Gasteiger partial charge is 0.137 e. The predicted octanol–water partition coefficient (Wildman–Crippen LogP) is 3.22. The average molecular weight is 277 g/mol. The minimum atomic E-state index is 0.0988. The molecule has 1 aromatic carbocycles. The molecule has 2 rings (SSSR count). The van der Waals surface area contributed by atoms with Crippen LogP contribution in [0, 0.1) is 6.92 Å². The Bertz CT molecular complexity index is 585. The van der Waals surface area contributed by atoms with E-state index in [1.165, 1.54) is 6.33 Å². The van der Waals surface area contributed by atoms with E-state index in [0.717, 1.165) is 22.0 Å². The number of hydrogen-bond donors (Lipinski definition) is 1. The second-order valence-electron chi connectivity index (χ2n) is 4.52. The number of benzene rings is 1. The van der Waals surface area contributed by atoms with Crippen molar-refractivity contribution in [1.82, 2.24) is 9.97 Å². The Kier molecular flexibility index (Phi) is 3.90. The van der Waals surface area contributed by atoms with Crippen LogP contribution in [0.4, 0.5) is 11.6 Å². The largest absolute Gasteiger partial charge is 0.383 e. The highest BCUT2D eigenvalue weighted by Gasteiger charge is 2.18. The Morgan fingerprint density at radius 1 is 1.26 bits per heavy atom. The van der Waals surface area contributed by atoms with E-state index in [9.17, 15) is 0 Å². The van der Waals surface area contributed by atoms with Crippen molar-refractivity contribution in [2.75, 3.05) is 17.7 Å². The summed E-state index contributed by atoms with van der Waals surface area (Å²) in [4.78, 5) is 10.3. The number of nitrogens with zero attached hydrogens (tertiary/aromatic N) is 3. The summed E-state index contributed by atoms with van der Waals surface area (Å²) in [6.07, 6.45) is 1.48. The highest BCUT2D eigenvalue weighted by molar-refractivity contribution is 6.31. The Morgan fingerprint density at radius 2 is 1.95 bits per heavy atom. The normalized spacial score (nSPS) is 12.2. The van der Waals surface area contributed by atoms with Gasteiger partial charge in [-0.2, -0.15) is 0 Å². The number of halogens is 1. The first-order valence-corrected chi connectivity index (χ1v) is 6.44. The van der Waals surface area contributed by atoms with Crippen molar-refractivity contribution in [3.05, 3.63) is 46.7 Å². The molecule has 0 bridgehead atoms. The highest BCUT2D eigenvalue weighted by atomic mass is 35.5. The van der Waals surface area contributed by atoms with E-state index in [1.54, 1.807) is 0 Å². The summed E-state index contributed by atoms with van der Waals surface area (Å²) in [5.41, 5.74) is 7.76. The van der Waals surface area contributed by atoms with E-state index in [-0.39, 0.29) is 6.04 Å². The van der Waals surface area contributed by atoms with Gasteiger partial charge < -0.3 is 10.6 Å². The minimum absolute atomic E-state index is 0.0988. The first kappa shape index (κ1) is 13.6. The molecule has 5 heteroatoms. The zero-order valence-corrected chi connectivity index (χ0v) is 12.0. The molecule has 4 nitrogen and oxygen atoms in total. The fraction of sp³-hybridized carbons (Fsp3) is 0.286. The van der Waals surface area contributed by atoms with E-state index in [4.69, 9.17) is 17.3 Å². The third-order valence-corrected chi connectivity index (χ3v) is 3.71. The van der Waals surface area contributed by atoms with Crippen LogP contribution in [0.1, 0.15) is 24.1 Å². The maximum atomic E-state index is 6.24. The molecule has 2 aromatic rings. The molecule has 100 valence electrons. The number of nitrogen functional groups attached to an aromatic ring is 1. The second-order valence-corrected chi connectivity index (χ2v) is 4.92. The van der Waals surface area contributed by atoms with Crippen molar-refractivity contribution in [3.63, 3.8) is 0 Å². The summed E-state index contributed by atoms with van der Waals surface area (Å²) in [5.74, 6) is 1.32. The molecule has 1 unspecified atom stereocenters. The van der Waals surface area contributed by atoms with Crippen LogP contribution >= 0.6 is 11.6 Å². The van der Waals surface area contributed by atoms with Crippen molar-refractivity contribution in [1.29, 1.82) is 0 Å². The van der Waals surface area contributed by atoms with E-state index >= 15 is 0 Å². The van der Waals surface area contributed by atoms with Crippen molar-refractivity contribution in [3.8, 4) is 0 Å². The molecule has 0 aliphatic rings. The van der Waals surface area contributed by atoms with Crippen LogP contribution in [-0.2, 0) is 0 Å². The summed E-state index contributed by atoms with van der Waals surface area (Å²) < 4.78 is 0. The zero-order valence-electron chi connectivity index (χ0n) is 11.3. The van der Waals surface area contributed by atoms with Crippen LogP contribution in [0.25, 0.3) is 0 Å². The van der Waals surface area contributed by atoms with Crippen molar-refractivity contribution in [2.45, 2.75) is 19.9 Å². The van der Waals surface area contributed by atoms with E-state index in [1.807, 2.05) is 38.2 Å². The zero-order chi connectivity index (χ0) is 14.0. The van der Waals surface area contributed by atoms with Crippen molar-refractivity contribution in [2.24, 2.45) is 0 Å². The lowest BCUT2D eigenvalue weighted by Crippen LogP contribution is -2.24. The molecule has 19 heavy (non-hydrogen) atoms. The average Bonchev–Trinajstić information content (AvgIpc) is 2.41. The maximum Gasteiger partial charge on any atom is 0.137 e. The first-order chi connectivity index (χ1) is 9.02. The molecular formula is C14H17ClN4. The lowest BCUT2D eigenvalue weighted by Gasteiger charge is -2.28. The van der Waals surface area contributed by atoms with Crippen molar-refractivity contribution >= 4 is 23.2 Å². The van der Waals surface area contributed by atoms with Gasteiger partial charge in [0.2, 0.25) is 0 Å². The van der Waals surface area contributed by atoms with Gasteiger partial charge in [-0.3, -0.25) is 0 Å². The number of rotatable bonds is 3. The minimum Gasteiger partial charge on any atom is -0.383 e. The van der Waals surface area contributed by atoms with E-state index in [0.29, 0.717) is 5.82 Å². The molecule has 1 aromatic heterocycles. The second kappa shape index (κ2) is 5.45.